The van der Waals surface area contributed by atoms with Crippen molar-refractivity contribution in [3.05, 3.63) is 29.8 Å². The molecule has 0 spiro atoms. The quantitative estimate of drug-likeness (QED) is 0.509. The van der Waals surface area contributed by atoms with Crippen molar-refractivity contribution in [2.45, 2.75) is 37.5 Å². The molecule has 0 bridgehead atoms. The zero-order chi connectivity index (χ0) is 15.8. The van der Waals surface area contributed by atoms with Gasteiger partial charge in [-0.1, -0.05) is 30.5 Å². The number of hydrogen-bond acceptors (Lipinski definition) is 5. The number of unbranched alkanes of at least 4 members (excludes halogenated alkanes) is 3. The molecule has 1 aliphatic rings. The molecule has 1 aromatic carbocycles. The van der Waals surface area contributed by atoms with Crippen LogP contribution in [0, 0.1) is 6.92 Å². The summed E-state index contributed by atoms with van der Waals surface area (Å²) >= 11 is 1.99. The van der Waals surface area contributed by atoms with Crippen LogP contribution in [-0.2, 0) is 14.3 Å². The second kappa shape index (κ2) is 8.91. The first kappa shape index (κ1) is 17.8. The third-order valence-electron chi connectivity index (χ3n) is 3.74. The van der Waals surface area contributed by atoms with Crippen LogP contribution in [0.2, 0.25) is 0 Å². The molecular formula is C16H25NO3S2. The Morgan fingerprint density at radius 1 is 1.14 bits per heavy atom. The minimum absolute atomic E-state index is 0.240. The summed E-state index contributed by atoms with van der Waals surface area (Å²) in [7, 11) is -3.59. The molecule has 1 heterocycles. The summed E-state index contributed by atoms with van der Waals surface area (Å²) in [5.41, 5.74) is 1.04. The fourth-order valence-electron chi connectivity index (χ4n) is 2.36. The maximum absolute atomic E-state index is 12.0. The lowest BCUT2D eigenvalue weighted by Gasteiger charge is -2.12. The van der Waals surface area contributed by atoms with Gasteiger partial charge in [0.05, 0.1) is 11.5 Å². The average molecular weight is 344 g/mol. The van der Waals surface area contributed by atoms with E-state index in [9.17, 15) is 8.42 Å². The van der Waals surface area contributed by atoms with Crippen molar-refractivity contribution in [2.75, 3.05) is 31.3 Å². The van der Waals surface area contributed by atoms with Gasteiger partial charge in [-0.05, 0) is 38.4 Å². The summed E-state index contributed by atoms with van der Waals surface area (Å²) in [4.78, 5) is 2.72. The van der Waals surface area contributed by atoms with Crippen molar-refractivity contribution in [1.29, 1.82) is 0 Å². The number of rotatable bonds is 9. The summed E-state index contributed by atoms with van der Waals surface area (Å²) < 4.78 is 29.0. The van der Waals surface area contributed by atoms with Gasteiger partial charge in [0.15, 0.2) is 0 Å². The van der Waals surface area contributed by atoms with Gasteiger partial charge in [-0.2, -0.15) is 8.42 Å². The van der Waals surface area contributed by atoms with Crippen LogP contribution in [0.3, 0.4) is 0 Å². The van der Waals surface area contributed by atoms with E-state index in [1.807, 2.05) is 18.7 Å². The third kappa shape index (κ3) is 5.91. The minimum Gasteiger partial charge on any atom is -0.293 e. The zero-order valence-electron chi connectivity index (χ0n) is 13.2. The molecule has 0 atom stereocenters. The van der Waals surface area contributed by atoms with Gasteiger partial charge in [0, 0.05) is 18.2 Å². The first-order chi connectivity index (χ1) is 10.6. The topological polar surface area (TPSA) is 46.6 Å². The fraction of sp³-hybridized carbons (Fsp3) is 0.625. The molecule has 0 radical (unpaired) electrons. The summed E-state index contributed by atoms with van der Waals surface area (Å²) in [5.74, 6) is 2.42. The van der Waals surface area contributed by atoms with E-state index in [0.29, 0.717) is 0 Å². The second-order valence-electron chi connectivity index (χ2n) is 5.66. The molecule has 1 aromatic rings. The normalized spacial score (nSPS) is 16.2. The monoisotopic (exact) mass is 343 g/mol. The van der Waals surface area contributed by atoms with Crippen molar-refractivity contribution >= 4 is 21.9 Å². The third-order valence-corrected chi connectivity index (χ3v) is 6.09. The van der Waals surface area contributed by atoms with E-state index in [-0.39, 0.29) is 11.5 Å². The summed E-state index contributed by atoms with van der Waals surface area (Å²) in [6.45, 7) is 4.58. The molecule has 1 fully saturated rings. The van der Waals surface area contributed by atoms with E-state index in [4.69, 9.17) is 4.18 Å². The van der Waals surface area contributed by atoms with Crippen LogP contribution in [-0.4, -0.2) is 44.6 Å². The SMILES string of the molecule is Cc1ccc(S(=O)(=O)OCCCCCCN2CCSC2)cc1. The zero-order valence-corrected chi connectivity index (χ0v) is 14.8. The first-order valence-corrected chi connectivity index (χ1v) is 10.4. The molecule has 0 saturated carbocycles. The van der Waals surface area contributed by atoms with Gasteiger partial charge in [0.1, 0.15) is 0 Å². The minimum atomic E-state index is -3.59. The van der Waals surface area contributed by atoms with Crippen LogP contribution in [0.5, 0.6) is 0 Å². The van der Waals surface area contributed by atoms with E-state index in [1.165, 1.54) is 18.7 Å². The summed E-state index contributed by atoms with van der Waals surface area (Å²) in [6, 6.07) is 6.76. The number of hydrogen-bond donors (Lipinski definition) is 0. The molecule has 6 heteroatoms. The Balaban J connectivity index is 1.58. The van der Waals surface area contributed by atoms with Crippen LogP contribution < -0.4 is 0 Å². The van der Waals surface area contributed by atoms with E-state index in [1.54, 1.807) is 24.3 Å². The molecule has 0 unspecified atom stereocenters. The fourth-order valence-corrected chi connectivity index (χ4v) is 4.34. The number of benzene rings is 1. The highest BCUT2D eigenvalue weighted by Gasteiger charge is 2.14. The summed E-state index contributed by atoms with van der Waals surface area (Å²) in [5, 5.41) is 0. The van der Waals surface area contributed by atoms with Crippen molar-refractivity contribution in [2.24, 2.45) is 0 Å². The lowest BCUT2D eigenvalue weighted by molar-refractivity contribution is 0.301. The second-order valence-corrected chi connectivity index (χ2v) is 8.35. The molecular weight excluding hydrogens is 318 g/mol. The van der Waals surface area contributed by atoms with Gasteiger partial charge < -0.3 is 0 Å². The molecule has 124 valence electrons. The Labute approximate surface area is 138 Å². The van der Waals surface area contributed by atoms with Gasteiger partial charge in [-0.3, -0.25) is 9.08 Å². The molecule has 22 heavy (non-hydrogen) atoms. The molecule has 0 N–H and O–H groups in total. The average Bonchev–Trinajstić information content (AvgIpc) is 3.00. The van der Waals surface area contributed by atoms with E-state index >= 15 is 0 Å². The molecule has 0 aromatic heterocycles. The lowest BCUT2D eigenvalue weighted by Crippen LogP contribution is -2.20. The van der Waals surface area contributed by atoms with E-state index < -0.39 is 10.1 Å². The highest BCUT2D eigenvalue weighted by Crippen LogP contribution is 2.15. The highest BCUT2D eigenvalue weighted by atomic mass is 32.2. The Morgan fingerprint density at radius 2 is 1.86 bits per heavy atom. The van der Waals surface area contributed by atoms with Crippen LogP contribution in [0.4, 0.5) is 0 Å². The number of thioether (sulfide) groups is 1. The molecule has 0 aliphatic carbocycles. The number of aryl methyl sites for hydroxylation is 1. The Kier molecular flexibility index (Phi) is 7.21. The van der Waals surface area contributed by atoms with Crippen LogP contribution in [0.1, 0.15) is 31.2 Å². The van der Waals surface area contributed by atoms with Gasteiger partial charge in [-0.15, -0.1) is 11.8 Å². The number of nitrogens with zero attached hydrogens (tertiary/aromatic N) is 1. The Hall–Kier alpha value is -0.560. The van der Waals surface area contributed by atoms with Crippen LogP contribution >= 0.6 is 11.8 Å². The maximum atomic E-state index is 12.0. The predicted molar refractivity (Wildman–Crippen MR) is 91.7 cm³/mol. The van der Waals surface area contributed by atoms with Crippen molar-refractivity contribution in [3.63, 3.8) is 0 Å². The van der Waals surface area contributed by atoms with Crippen molar-refractivity contribution in [1.82, 2.24) is 4.90 Å². The van der Waals surface area contributed by atoms with Crippen LogP contribution in [0.15, 0.2) is 29.2 Å². The molecule has 1 aliphatic heterocycles. The molecule has 2 rings (SSSR count). The van der Waals surface area contributed by atoms with Crippen LogP contribution in [0.25, 0.3) is 0 Å². The predicted octanol–water partition coefficient (Wildman–Crippen LogP) is 3.27. The van der Waals surface area contributed by atoms with Crippen molar-refractivity contribution < 1.29 is 12.6 Å². The van der Waals surface area contributed by atoms with E-state index in [2.05, 4.69) is 4.90 Å². The lowest BCUT2D eigenvalue weighted by atomic mass is 10.2. The molecule has 4 nitrogen and oxygen atoms in total. The smallest absolute Gasteiger partial charge is 0.293 e. The van der Waals surface area contributed by atoms with Crippen molar-refractivity contribution in [3.8, 4) is 0 Å². The van der Waals surface area contributed by atoms with Gasteiger partial charge in [-0.25, -0.2) is 0 Å². The van der Waals surface area contributed by atoms with E-state index in [0.717, 1.165) is 37.2 Å². The van der Waals surface area contributed by atoms with Gasteiger partial charge in [0.25, 0.3) is 10.1 Å². The van der Waals surface area contributed by atoms with Gasteiger partial charge in [0.2, 0.25) is 0 Å². The Bertz CT molecular complexity index is 537. The molecule has 1 saturated heterocycles. The first-order valence-electron chi connectivity index (χ1n) is 7.84. The standard InChI is InChI=1S/C16H25NO3S2/c1-15-6-8-16(9-7-15)22(18,19)20-12-5-3-2-4-10-17-11-13-21-14-17/h6-9H,2-5,10-14H2,1H3. The highest BCUT2D eigenvalue weighted by molar-refractivity contribution is 7.99. The van der Waals surface area contributed by atoms with Gasteiger partial charge >= 0.3 is 0 Å². The summed E-state index contributed by atoms with van der Waals surface area (Å²) in [6.07, 6.45) is 4.13. The largest absolute Gasteiger partial charge is 0.296 e. The Morgan fingerprint density at radius 3 is 2.55 bits per heavy atom. The maximum Gasteiger partial charge on any atom is 0.296 e. The molecule has 0 amide bonds.